The molecule has 1 aliphatic rings. The van der Waals surface area contributed by atoms with Gasteiger partial charge in [0.1, 0.15) is 10.8 Å². The molecule has 3 rings (SSSR count). The summed E-state index contributed by atoms with van der Waals surface area (Å²) in [6.45, 7) is 3.10. The Morgan fingerprint density at radius 2 is 2.11 bits per heavy atom. The fourth-order valence-electron chi connectivity index (χ4n) is 3.03. The van der Waals surface area contributed by atoms with E-state index in [1.807, 2.05) is 6.92 Å². The van der Waals surface area contributed by atoms with E-state index in [0.717, 1.165) is 23.3 Å². The second-order valence-corrected chi connectivity index (χ2v) is 7.46. The average Bonchev–Trinajstić information content (AvgIpc) is 2.99. The maximum atomic E-state index is 14.5. The van der Waals surface area contributed by atoms with E-state index >= 15 is 0 Å². The number of halogens is 3. The maximum absolute atomic E-state index is 14.5. The number of hydrogen-bond donors (Lipinski definition) is 3. The SMILES string of the molecule is CC(=O)c1cc(F)c(N[C@@H]2CCCC(F)(F)[C@@H]2N)nc1Nc1cc(C)ns1. The number of rotatable bonds is 5. The number of alkyl halides is 2. The van der Waals surface area contributed by atoms with Gasteiger partial charge in [-0.3, -0.25) is 4.79 Å². The lowest BCUT2D eigenvalue weighted by atomic mass is 9.87. The summed E-state index contributed by atoms with van der Waals surface area (Å²) in [5.41, 5.74) is 6.50. The molecule has 0 aromatic carbocycles. The molecule has 1 aliphatic carbocycles. The Morgan fingerprint density at radius 3 is 2.74 bits per heavy atom. The van der Waals surface area contributed by atoms with Crippen molar-refractivity contribution in [3.05, 3.63) is 29.2 Å². The van der Waals surface area contributed by atoms with Crippen LogP contribution in [0, 0.1) is 12.7 Å². The first kappa shape index (κ1) is 19.6. The Morgan fingerprint density at radius 1 is 1.37 bits per heavy atom. The van der Waals surface area contributed by atoms with Gasteiger partial charge in [0.25, 0.3) is 5.92 Å². The normalized spacial score (nSPS) is 21.7. The number of aromatic nitrogens is 2. The summed E-state index contributed by atoms with van der Waals surface area (Å²) in [6, 6.07) is 0.531. The first-order chi connectivity index (χ1) is 12.7. The molecule has 10 heteroatoms. The number of carbonyl (C=O) groups is 1. The monoisotopic (exact) mass is 399 g/mol. The number of ketones is 1. The summed E-state index contributed by atoms with van der Waals surface area (Å²) in [6.07, 6.45) is 0.364. The van der Waals surface area contributed by atoms with E-state index in [1.165, 1.54) is 6.92 Å². The van der Waals surface area contributed by atoms with Gasteiger partial charge in [-0.05, 0) is 50.4 Å². The third-order valence-corrected chi connectivity index (χ3v) is 5.29. The predicted molar refractivity (Wildman–Crippen MR) is 98.5 cm³/mol. The topological polar surface area (TPSA) is 92.9 Å². The van der Waals surface area contributed by atoms with Crippen molar-refractivity contribution in [3.63, 3.8) is 0 Å². The van der Waals surface area contributed by atoms with E-state index in [-0.39, 0.29) is 35.8 Å². The molecule has 4 N–H and O–H groups in total. The van der Waals surface area contributed by atoms with Gasteiger partial charge in [0.15, 0.2) is 17.4 Å². The Bertz CT molecular complexity index is 857. The second-order valence-electron chi connectivity index (χ2n) is 6.66. The molecule has 2 heterocycles. The Hall–Kier alpha value is -2.20. The molecule has 0 aliphatic heterocycles. The summed E-state index contributed by atoms with van der Waals surface area (Å²) >= 11 is 1.16. The minimum Gasteiger partial charge on any atom is -0.363 e. The van der Waals surface area contributed by atoms with Gasteiger partial charge in [-0.1, -0.05) is 0 Å². The van der Waals surface area contributed by atoms with Crippen molar-refractivity contribution >= 4 is 34.0 Å². The molecule has 2 aromatic rings. The highest BCUT2D eigenvalue weighted by atomic mass is 32.1. The van der Waals surface area contributed by atoms with Crippen molar-refractivity contribution in [3.8, 4) is 0 Å². The van der Waals surface area contributed by atoms with Gasteiger partial charge in [-0.2, -0.15) is 4.37 Å². The fraction of sp³-hybridized carbons (Fsp3) is 0.471. The van der Waals surface area contributed by atoms with Gasteiger partial charge in [-0.15, -0.1) is 0 Å². The van der Waals surface area contributed by atoms with Crippen molar-refractivity contribution < 1.29 is 18.0 Å². The quantitative estimate of drug-likeness (QED) is 0.661. The highest BCUT2D eigenvalue weighted by molar-refractivity contribution is 7.10. The van der Waals surface area contributed by atoms with E-state index in [9.17, 15) is 18.0 Å². The van der Waals surface area contributed by atoms with Crippen LogP contribution in [0.2, 0.25) is 0 Å². The smallest absolute Gasteiger partial charge is 0.264 e. The third kappa shape index (κ3) is 4.22. The molecular weight excluding hydrogens is 379 g/mol. The molecule has 2 atom stereocenters. The Labute approximate surface area is 158 Å². The van der Waals surface area contributed by atoms with Crippen LogP contribution in [-0.2, 0) is 0 Å². The number of Topliss-reactive ketones (excluding diaryl/α,β-unsaturated/α-hetero) is 1. The molecule has 27 heavy (non-hydrogen) atoms. The van der Waals surface area contributed by atoms with Gasteiger partial charge in [0.05, 0.1) is 17.3 Å². The molecule has 0 bridgehead atoms. The van der Waals surface area contributed by atoms with Crippen molar-refractivity contribution in [2.24, 2.45) is 5.73 Å². The van der Waals surface area contributed by atoms with Gasteiger partial charge in [-0.25, -0.2) is 18.2 Å². The molecule has 0 saturated heterocycles. The number of nitrogens with one attached hydrogen (secondary N) is 2. The number of pyridine rings is 1. The highest BCUT2D eigenvalue weighted by Gasteiger charge is 2.45. The maximum Gasteiger partial charge on any atom is 0.264 e. The summed E-state index contributed by atoms with van der Waals surface area (Å²) < 4.78 is 46.3. The zero-order valence-corrected chi connectivity index (χ0v) is 15.7. The van der Waals surface area contributed by atoms with Crippen LogP contribution in [0.5, 0.6) is 0 Å². The summed E-state index contributed by atoms with van der Waals surface area (Å²) in [7, 11) is 0. The van der Waals surface area contributed by atoms with Crippen LogP contribution < -0.4 is 16.4 Å². The number of hydrogen-bond acceptors (Lipinski definition) is 7. The van der Waals surface area contributed by atoms with E-state index in [0.29, 0.717) is 11.4 Å². The van der Waals surface area contributed by atoms with Crippen molar-refractivity contribution in [2.45, 2.75) is 51.1 Å². The Kier molecular flexibility index (Phi) is 5.38. The Balaban J connectivity index is 1.91. The van der Waals surface area contributed by atoms with Gasteiger partial charge in [0.2, 0.25) is 0 Å². The highest BCUT2D eigenvalue weighted by Crippen LogP contribution is 2.34. The van der Waals surface area contributed by atoms with E-state index < -0.39 is 23.8 Å². The van der Waals surface area contributed by atoms with Crippen molar-refractivity contribution in [1.29, 1.82) is 0 Å². The number of nitrogens with two attached hydrogens (primary N) is 1. The number of carbonyl (C=O) groups excluding carboxylic acids is 1. The number of anilines is 3. The van der Waals surface area contributed by atoms with Crippen LogP contribution in [0.3, 0.4) is 0 Å². The molecule has 6 nitrogen and oxygen atoms in total. The van der Waals surface area contributed by atoms with Crippen LogP contribution in [0.1, 0.15) is 42.2 Å². The molecule has 0 spiro atoms. The zero-order chi connectivity index (χ0) is 19.8. The molecule has 0 amide bonds. The lowest BCUT2D eigenvalue weighted by molar-refractivity contribution is -0.0555. The minimum atomic E-state index is -3.02. The largest absolute Gasteiger partial charge is 0.363 e. The van der Waals surface area contributed by atoms with Gasteiger partial charge >= 0.3 is 0 Å². The van der Waals surface area contributed by atoms with Gasteiger partial charge < -0.3 is 16.4 Å². The standard InChI is InChI=1S/C17H20F3N5OS/c1-8-6-13(27-25-8)23-15-10(9(2)26)7-11(18)16(24-15)22-12-4-3-5-17(19,20)14(12)21/h6-7,12,14H,3-5,21H2,1-2H3,(H2,22,23,24)/t12-,14-/m1/s1. The second kappa shape index (κ2) is 7.43. The summed E-state index contributed by atoms with van der Waals surface area (Å²) in [5, 5.41) is 6.27. The third-order valence-electron chi connectivity index (χ3n) is 4.49. The molecule has 0 radical (unpaired) electrons. The van der Waals surface area contributed by atoms with Crippen LogP contribution in [0.15, 0.2) is 12.1 Å². The van der Waals surface area contributed by atoms with Crippen LogP contribution in [-0.4, -0.2) is 33.1 Å². The lowest BCUT2D eigenvalue weighted by Gasteiger charge is -2.36. The molecule has 0 unspecified atom stereocenters. The molecular formula is C17H20F3N5OS. The zero-order valence-electron chi connectivity index (χ0n) is 14.9. The first-order valence-corrected chi connectivity index (χ1v) is 9.26. The molecule has 2 aromatic heterocycles. The van der Waals surface area contributed by atoms with Crippen LogP contribution in [0.25, 0.3) is 0 Å². The number of aryl methyl sites for hydroxylation is 1. The fourth-order valence-corrected chi connectivity index (χ4v) is 3.69. The average molecular weight is 399 g/mol. The molecule has 146 valence electrons. The molecule has 1 fully saturated rings. The van der Waals surface area contributed by atoms with E-state index in [2.05, 4.69) is 20.0 Å². The van der Waals surface area contributed by atoms with Crippen LogP contribution in [0.4, 0.5) is 29.8 Å². The lowest BCUT2D eigenvalue weighted by Crippen LogP contribution is -2.55. The van der Waals surface area contributed by atoms with Gasteiger partial charge in [0, 0.05) is 12.5 Å². The van der Waals surface area contributed by atoms with Crippen molar-refractivity contribution in [2.75, 3.05) is 10.6 Å². The summed E-state index contributed by atoms with van der Waals surface area (Å²) in [5.74, 6) is -4.29. The molecule has 1 saturated carbocycles. The first-order valence-electron chi connectivity index (χ1n) is 8.49. The summed E-state index contributed by atoms with van der Waals surface area (Å²) in [4.78, 5) is 16.0. The van der Waals surface area contributed by atoms with Crippen LogP contribution >= 0.6 is 11.5 Å². The predicted octanol–water partition coefficient (Wildman–Crippen LogP) is 3.86. The minimum absolute atomic E-state index is 0.0578. The van der Waals surface area contributed by atoms with Crippen molar-refractivity contribution in [1.82, 2.24) is 9.36 Å². The number of nitrogens with zero attached hydrogens (tertiary/aromatic N) is 2. The van der Waals surface area contributed by atoms with E-state index in [4.69, 9.17) is 5.73 Å². The van der Waals surface area contributed by atoms with E-state index in [1.54, 1.807) is 6.07 Å².